The van der Waals surface area contributed by atoms with E-state index < -0.39 is 0 Å². The number of hydrogen-bond acceptors (Lipinski definition) is 3. The molecule has 0 bridgehead atoms. The van der Waals surface area contributed by atoms with Crippen molar-refractivity contribution in [2.24, 2.45) is 5.29 Å². The SMILES string of the molecule is Cc1ccc(N(CCc2ccccn2)N=O)cc1. The molecule has 0 radical (unpaired) electrons. The van der Waals surface area contributed by atoms with Crippen LogP contribution in [0.25, 0.3) is 0 Å². The fourth-order valence-electron chi connectivity index (χ4n) is 1.70. The zero-order valence-electron chi connectivity index (χ0n) is 10.3. The van der Waals surface area contributed by atoms with Gasteiger partial charge in [-0.25, -0.2) is 5.01 Å². The van der Waals surface area contributed by atoms with E-state index in [0.717, 1.165) is 16.9 Å². The Balaban J connectivity index is 2.02. The molecule has 18 heavy (non-hydrogen) atoms. The average molecular weight is 241 g/mol. The number of nitroso groups, excluding NO2 is 1. The zero-order chi connectivity index (χ0) is 12.8. The Labute approximate surface area is 106 Å². The van der Waals surface area contributed by atoms with Gasteiger partial charge in [-0.3, -0.25) is 4.98 Å². The van der Waals surface area contributed by atoms with Crippen molar-refractivity contribution in [2.75, 3.05) is 11.6 Å². The Kier molecular flexibility index (Phi) is 4.02. The molecular formula is C14H15N3O. The number of aryl methyl sites for hydroxylation is 1. The Bertz CT molecular complexity index is 496. The maximum atomic E-state index is 10.9. The summed E-state index contributed by atoms with van der Waals surface area (Å²) in [7, 11) is 0. The molecule has 0 saturated carbocycles. The minimum Gasteiger partial charge on any atom is -0.261 e. The number of nitrogens with zero attached hydrogens (tertiary/aromatic N) is 3. The molecule has 2 aromatic rings. The minimum absolute atomic E-state index is 0.531. The molecule has 0 N–H and O–H groups in total. The molecule has 0 unspecified atom stereocenters. The lowest BCUT2D eigenvalue weighted by Gasteiger charge is -2.15. The van der Waals surface area contributed by atoms with Crippen LogP contribution < -0.4 is 5.01 Å². The average Bonchev–Trinajstić information content (AvgIpc) is 2.42. The van der Waals surface area contributed by atoms with Crippen LogP contribution in [-0.2, 0) is 6.42 Å². The van der Waals surface area contributed by atoms with Gasteiger partial charge in [-0.2, -0.15) is 0 Å². The summed E-state index contributed by atoms with van der Waals surface area (Å²) >= 11 is 0. The fraction of sp³-hybridized carbons (Fsp3) is 0.214. The van der Waals surface area contributed by atoms with Gasteiger partial charge < -0.3 is 0 Å². The topological polar surface area (TPSA) is 45.6 Å². The molecular weight excluding hydrogens is 226 g/mol. The second-order valence-electron chi connectivity index (χ2n) is 4.11. The first-order valence-corrected chi connectivity index (χ1v) is 5.87. The number of pyridine rings is 1. The molecule has 1 aromatic carbocycles. The van der Waals surface area contributed by atoms with Gasteiger partial charge in [0, 0.05) is 18.3 Å². The maximum Gasteiger partial charge on any atom is 0.0626 e. The zero-order valence-corrected chi connectivity index (χ0v) is 10.3. The number of rotatable bonds is 5. The van der Waals surface area contributed by atoms with Crippen LogP contribution in [0.3, 0.4) is 0 Å². The van der Waals surface area contributed by atoms with Gasteiger partial charge in [0.05, 0.1) is 17.5 Å². The van der Waals surface area contributed by atoms with Gasteiger partial charge in [0.2, 0.25) is 0 Å². The Morgan fingerprint density at radius 3 is 2.56 bits per heavy atom. The molecule has 92 valence electrons. The van der Waals surface area contributed by atoms with E-state index in [9.17, 15) is 4.91 Å². The lowest BCUT2D eigenvalue weighted by Crippen LogP contribution is -2.19. The molecule has 0 saturated heterocycles. The molecule has 1 heterocycles. The Hall–Kier alpha value is -2.23. The summed E-state index contributed by atoms with van der Waals surface area (Å²) in [4.78, 5) is 15.1. The van der Waals surface area contributed by atoms with Crippen molar-refractivity contribution in [3.63, 3.8) is 0 Å². The summed E-state index contributed by atoms with van der Waals surface area (Å²) in [5.74, 6) is 0. The lowest BCUT2D eigenvalue weighted by molar-refractivity contribution is 0.804. The molecule has 0 atom stereocenters. The van der Waals surface area contributed by atoms with Crippen LogP contribution in [0.2, 0.25) is 0 Å². The number of anilines is 1. The molecule has 0 aliphatic heterocycles. The molecule has 1 aromatic heterocycles. The quantitative estimate of drug-likeness (QED) is 0.596. The number of aromatic nitrogens is 1. The highest BCUT2D eigenvalue weighted by atomic mass is 16.3. The summed E-state index contributed by atoms with van der Waals surface area (Å²) in [6, 6.07) is 13.5. The summed E-state index contributed by atoms with van der Waals surface area (Å²) in [5, 5.41) is 4.51. The molecule has 0 fully saturated rings. The van der Waals surface area contributed by atoms with E-state index in [2.05, 4.69) is 10.3 Å². The van der Waals surface area contributed by atoms with Gasteiger partial charge in [0.15, 0.2) is 0 Å². The van der Waals surface area contributed by atoms with Gasteiger partial charge in [-0.15, -0.1) is 4.91 Å². The third-order valence-corrected chi connectivity index (χ3v) is 2.74. The van der Waals surface area contributed by atoms with Crippen molar-refractivity contribution in [1.29, 1.82) is 0 Å². The number of hydrogen-bond donors (Lipinski definition) is 0. The van der Waals surface area contributed by atoms with E-state index in [1.165, 1.54) is 5.01 Å². The van der Waals surface area contributed by atoms with Crippen molar-refractivity contribution < 1.29 is 0 Å². The van der Waals surface area contributed by atoms with E-state index in [4.69, 9.17) is 0 Å². The van der Waals surface area contributed by atoms with Crippen molar-refractivity contribution >= 4 is 5.69 Å². The monoisotopic (exact) mass is 241 g/mol. The molecule has 0 aliphatic rings. The predicted octanol–water partition coefficient (Wildman–Crippen LogP) is 3.12. The van der Waals surface area contributed by atoms with E-state index in [-0.39, 0.29) is 0 Å². The smallest absolute Gasteiger partial charge is 0.0626 e. The largest absolute Gasteiger partial charge is 0.261 e. The van der Waals surface area contributed by atoms with Crippen molar-refractivity contribution in [1.82, 2.24) is 4.98 Å². The Morgan fingerprint density at radius 1 is 1.17 bits per heavy atom. The van der Waals surface area contributed by atoms with E-state index in [1.807, 2.05) is 49.4 Å². The molecule has 2 rings (SSSR count). The van der Waals surface area contributed by atoms with Crippen LogP contribution in [0.5, 0.6) is 0 Å². The van der Waals surface area contributed by atoms with Gasteiger partial charge in [0.25, 0.3) is 0 Å². The lowest BCUT2D eigenvalue weighted by atomic mass is 10.2. The number of benzene rings is 1. The first kappa shape index (κ1) is 12.2. The van der Waals surface area contributed by atoms with E-state index in [0.29, 0.717) is 13.0 Å². The van der Waals surface area contributed by atoms with Crippen LogP contribution in [-0.4, -0.2) is 11.5 Å². The van der Waals surface area contributed by atoms with Crippen LogP contribution in [0.4, 0.5) is 5.69 Å². The van der Waals surface area contributed by atoms with Gasteiger partial charge in [-0.05, 0) is 31.2 Å². The predicted molar refractivity (Wildman–Crippen MR) is 72.3 cm³/mol. The highest BCUT2D eigenvalue weighted by molar-refractivity contribution is 5.46. The summed E-state index contributed by atoms with van der Waals surface area (Å²) in [6.45, 7) is 2.54. The fourth-order valence-corrected chi connectivity index (χ4v) is 1.70. The van der Waals surface area contributed by atoms with Crippen molar-refractivity contribution in [3.8, 4) is 0 Å². The van der Waals surface area contributed by atoms with Crippen LogP contribution in [0.1, 0.15) is 11.3 Å². The molecule has 0 amide bonds. The first-order valence-electron chi connectivity index (χ1n) is 5.87. The Morgan fingerprint density at radius 2 is 1.94 bits per heavy atom. The molecule has 4 heteroatoms. The first-order chi connectivity index (χ1) is 8.79. The second-order valence-corrected chi connectivity index (χ2v) is 4.11. The van der Waals surface area contributed by atoms with Crippen LogP contribution in [0.15, 0.2) is 53.9 Å². The standard InChI is InChI=1S/C14H15N3O/c1-12-5-7-14(8-6-12)17(16-18)11-9-13-4-2-3-10-15-13/h2-8,10H,9,11H2,1H3. The van der Waals surface area contributed by atoms with E-state index >= 15 is 0 Å². The van der Waals surface area contributed by atoms with Gasteiger partial charge in [0.1, 0.15) is 0 Å². The summed E-state index contributed by atoms with van der Waals surface area (Å²) in [6.07, 6.45) is 2.44. The van der Waals surface area contributed by atoms with Crippen LogP contribution >= 0.6 is 0 Å². The van der Waals surface area contributed by atoms with Gasteiger partial charge in [-0.1, -0.05) is 23.8 Å². The minimum atomic E-state index is 0.531. The van der Waals surface area contributed by atoms with E-state index in [1.54, 1.807) is 6.20 Å². The third kappa shape index (κ3) is 3.13. The van der Waals surface area contributed by atoms with Crippen molar-refractivity contribution in [3.05, 3.63) is 64.8 Å². The van der Waals surface area contributed by atoms with Crippen molar-refractivity contribution in [2.45, 2.75) is 13.3 Å². The van der Waals surface area contributed by atoms with Crippen LogP contribution in [0, 0.1) is 11.8 Å². The molecule has 4 nitrogen and oxygen atoms in total. The van der Waals surface area contributed by atoms with Gasteiger partial charge >= 0.3 is 0 Å². The molecule has 0 aliphatic carbocycles. The maximum absolute atomic E-state index is 10.9. The highest BCUT2D eigenvalue weighted by Crippen LogP contribution is 2.15. The normalized spacial score (nSPS) is 10.1. The third-order valence-electron chi connectivity index (χ3n) is 2.74. The second kappa shape index (κ2) is 5.91. The summed E-state index contributed by atoms with van der Waals surface area (Å²) < 4.78 is 0. The highest BCUT2D eigenvalue weighted by Gasteiger charge is 2.06. The summed E-state index contributed by atoms with van der Waals surface area (Å²) in [5.41, 5.74) is 2.93. The molecule has 0 spiro atoms.